The van der Waals surface area contributed by atoms with Crippen LogP contribution in [-0.2, 0) is 26.2 Å². The van der Waals surface area contributed by atoms with Gasteiger partial charge in [0.1, 0.15) is 6.04 Å². The van der Waals surface area contributed by atoms with Crippen molar-refractivity contribution < 1.29 is 18.0 Å². The number of nitrogens with zero attached hydrogens (tertiary/aromatic N) is 2. The van der Waals surface area contributed by atoms with Crippen molar-refractivity contribution in [3.8, 4) is 0 Å². The van der Waals surface area contributed by atoms with Gasteiger partial charge >= 0.3 is 0 Å². The van der Waals surface area contributed by atoms with E-state index in [2.05, 4.69) is 5.32 Å². The zero-order valence-electron chi connectivity index (χ0n) is 19.1. The first-order chi connectivity index (χ1) is 15.4. The summed E-state index contributed by atoms with van der Waals surface area (Å²) >= 11 is 11.8. The van der Waals surface area contributed by atoms with Gasteiger partial charge in [0.05, 0.1) is 11.4 Å². The van der Waals surface area contributed by atoms with Gasteiger partial charge in [0, 0.05) is 29.7 Å². The molecule has 2 aromatic carbocycles. The van der Waals surface area contributed by atoms with E-state index in [1.807, 2.05) is 13.8 Å². The predicted molar refractivity (Wildman–Crippen MR) is 131 cm³/mol. The molecule has 0 bridgehead atoms. The van der Waals surface area contributed by atoms with Crippen LogP contribution in [0.2, 0.25) is 10.0 Å². The van der Waals surface area contributed by atoms with Gasteiger partial charge in [0.25, 0.3) is 0 Å². The van der Waals surface area contributed by atoms with Crippen molar-refractivity contribution in [1.82, 2.24) is 14.5 Å². The van der Waals surface area contributed by atoms with Crippen molar-refractivity contribution in [3.05, 3.63) is 64.1 Å². The summed E-state index contributed by atoms with van der Waals surface area (Å²) in [7, 11) is -2.60. The van der Waals surface area contributed by atoms with Crippen LogP contribution in [0, 0.1) is 0 Å². The minimum Gasteiger partial charge on any atom is -0.352 e. The largest absolute Gasteiger partial charge is 0.352 e. The maximum atomic E-state index is 13.3. The number of amides is 2. The summed E-state index contributed by atoms with van der Waals surface area (Å²) in [5, 5.41) is 3.83. The van der Waals surface area contributed by atoms with Gasteiger partial charge in [0.15, 0.2) is 0 Å². The molecule has 2 rings (SSSR count). The molecule has 180 valence electrons. The lowest BCUT2D eigenvalue weighted by Crippen LogP contribution is -2.51. The van der Waals surface area contributed by atoms with E-state index in [1.54, 1.807) is 31.2 Å². The van der Waals surface area contributed by atoms with Crippen molar-refractivity contribution in [1.29, 1.82) is 0 Å². The fourth-order valence-electron chi connectivity index (χ4n) is 2.99. The first-order valence-electron chi connectivity index (χ1n) is 10.5. The number of carbonyl (C=O) groups is 2. The Morgan fingerprint density at radius 1 is 0.970 bits per heavy atom. The van der Waals surface area contributed by atoms with E-state index in [0.717, 1.165) is 16.3 Å². The summed E-state index contributed by atoms with van der Waals surface area (Å²) in [6.07, 6.45) is 0.742. The Morgan fingerprint density at radius 2 is 1.48 bits per heavy atom. The summed E-state index contributed by atoms with van der Waals surface area (Å²) in [5.41, 5.74) is 0.763. The molecule has 1 N–H and O–H groups in total. The third kappa shape index (κ3) is 7.43. The fourth-order valence-corrected chi connectivity index (χ4v) is 4.36. The van der Waals surface area contributed by atoms with E-state index in [-0.39, 0.29) is 23.4 Å². The number of carbonyl (C=O) groups excluding carboxylic acids is 2. The van der Waals surface area contributed by atoms with Crippen LogP contribution in [0.5, 0.6) is 0 Å². The highest BCUT2D eigenvalue weighted by Gasteiger charge is 2.30. The highest BCUT2D eigenvalue weighted by atomic mass is 35.5. The number of nitrogens with one attached hydrogen (secondary N) is 1. The van der Waals surface area contributed by atoms with Crippen molar-refractivity contribution in [2.24, 2.45) is 0 Å². The zero-order valence-corrected chi connectivity index (χ0v) is 21.4. The number of rotatable bonds is 10. The molecule has 0 aliphatic heterocycles. The molecular weight excluding hydrogens is 485 g/mol. The second-order valence-electron chi connectivity index (χ2n) is 7.86. The van der Waals surface area contributed by atoms with Crippen LogP contribution in [0.1, 0.15) is 32.8 Å². The number of hydrogen-bond donors (Lipinski definition) is 1. The Morgan fingerprint density at radius 3 is 2.00 bits per heavy atom. The fraction of sp³-hybridized carbons (Fsp3) is 0.391. The van der Waals surface area contributed by atoms with E-state index < -0.39 is 28.5 Å². The summed E-state index contributed by atoms with van der Waals surface area (Å²) < 4.78 is 26.8. The maximum Gasteiger partial charge on any atom is 0.243 e. The first kappa shape index (κ1) is 27.1. The van der Waals surface area contributed by atoms with Crippen LogP contribution in [0.25, 0.3) is 0 Å². The van der Waals surface area contributed by atoms with Crippen LogP contribution in [0.3, 0.4) is 0 Å². The molecule has 10 heteroatoms. The Balaban J connectivity index is 2.26. The van der Waals surface area contributed by atoms with Crippen molar-refractivity contribution in [3.63, 3.8) is 0 Å². The summed E-state index contributed by atoms with van der Waals surface area (Å²) in [5.74, 6) is -0.813. The van der Waals surface area contributed by atoms with E-state index in [4.69, 9.17) is 23.2 Å². The molecule has 0 saturated heterocycles. The second-order valence-corrected chi connectivity index (χ2v) is 10.8. The van der Waals surface area contributed by atoms with Gasteiger partial charge in [-0.2, -0.15) is 4.31 Å². The molecule has 0 aliphatic carbocycles. The average molecular weight is 514 g/mol. The SMILES string of the molecule is CC[C@H](C)NC(=O)[C@H](C)N(Cc1ccc(Cl)cc1)C(=O)CN(C)S(=O)(=O)c1ccc(Cl)cc1. The topological polar surface area (TPSA) is 86.8 Å². The van der Waals surface area contributed by atoms with Gasteiger partial charge in [0.2, 0.25) is 21.8 Å². The van der Waals surface area contributed by atoms with Crippen molar-refractivity contribution in [2.45, 2.75) is 50.7 Å². The van der Waals surface area contributed by atoms with Gasteiger partial charge in [-0.1, -0.05) is 42.3 Å². The Hall–Kier alpha value is -2.13. The monoisotopic (exact) mass is 513 g/mol. The molecule has 0 fully saturated rings. The minimum absolute atomic E-state index is 0.0222. The minimum atomic E-state index is -3.92. The molecule has 0 saturated carbocycles. The lowest BCUT2D eigenvalue weighted by Gasteiger charge is -2.31. The zero-order chi connectivity index (χ0) is 24.8. The van der Waals surface area contributed by atoms with E-state index >= 15 is 0 Å². The predicted octanol–water partition coefficient (Wildman–Crippen LogP) is 3.95. The number of hydrogen-bond acceptors (Lipinski definition) is 4. The summed E-state index contributed by atoms with van der Waals surface area (Å²) in [4.78, 5) is 27.4. The molecule has 7 nitrogen and oxygen atoms in total. The third-order valence-electron chi connectivity index (χ3n) is 5.31. The number of likely N-dealkylation sites (N-methyl/N-ethyl adjacent to an activating group) is 1. The molecular formula is C23H29Cl2N3O4S. The summed E-state index contributed by atoms with van der Waals surface area (Å²) in [6.45, 7) is 5.14. The molecule has 33 heavy (non-hydrogen) atoms. The van der Waals surface area contributed by atoms with Crippen LogP contribution in [0.15, 0.2) is 53.4 Å². The molecule has 2 amide bonds. The molecule has 2 atom stereocenters. The lowest BCUT2D eigenvalue weighted by atomic mass is 10.1. The highest BCUT2D eigenvalue weighted by Crippen LogP contribution is 2.19. The Bertz CT molecular complexity index is 1060. The normalized spacial score (nSPS) is 13.4. The molecule has 0 aromatic heterocycles. The highest BCUT2D eigenvalue weighted by molar-refractivity contribution is 7.89. The number of halogens is 2. The van der Waals surface area contributed by atoms with Crippen molar-refractivity contribution >= 4 is 45.0 Å². The van der Waals surface area contributed by atoms with Crippen LogP contribution in [0.4, 0.5) is 0 Å². The second kappa shape index (κ2) is 11.8. The molecule has 0 radical (unpaired) electrons. The molecule has 0 heterocycles. The number of sulfonamides is 1. The van der Waals surface area contributed by atoms with E-state index in [9.17, 15) is 18.0 Å². The standard InChI is InChI=1S/C23H29Cl2N3O4S/c1-5-16(2)26-23(30)17(3)28(14-18-6-8-19(24)9-7-18)22(29)15-27(4)33(31,32)21-12-10-20(25)11-13-21/h6-13,16-17H,5,14-15H2,1-4H3,(H,26,30)/t16-,17-/m0/s1. The lowest BCUT2D eigenvalue weighted by molar-refractivity contribution is -0.140. The van der Waals surface area contributed by atoms with E-state index in [0.29, 0.717) is 10.0 Å². The average Bonchev–Trinajstić information content (AvgIpc) is 2.78. The molecule has 2 aromatic rings. The third-order valence-corrected chi connectivity index (χ3v) is 7.64. The van der Waals surface area contributed by atoms with Gasteiger partial charge in [-0.05, 0) is 62.2 Å². The Kier molecular flexibility index (Phi) is 9.72. The Labute approximate surface area is 205 Å². The van der Waals surface area contributed by atoms with Crippen LogP contribution < -0.4 is 5.32 Å². The van der Waals surface area contributed by atoms with Gasteiger partial charge in [-0.25, -0.2) is 8.42 Å². The van der Waals surface area contributed by atoms with Crippen molar-refractivity contribution in [2.75, 3.05) is 13.6 Å². The van der Waals surface area contributed by atoms with Crippen LogP contribution in [-0.4, -0.2) is 55.1 Å². The molecule has 0 spiro atoms. The summed E-state index contributed by atoms with van der Waals surface area (Å²) in [6, 6.07) is 11.7. The number of benzene rings is 2. The van der Waals surface area contributed by atoms with Gasteiger partial charge in [-0.3, -0.25) is 9.59 Å². The van der Waals surface area contributed by atoms with Crippen LogP contribution >= 0.6 is 23.2 Å². The molecule has 0 aliphatic rings. The van der Waals surface area contributed by atoms with Gasteiger partial charge in [-0.15, -0.1) is 0 Å². The van der Waals surface area contributed by atoms with Gasteiger partial charge < -0.3 is 10.2 Å². The van der Waals surface area contributed by atoms with E-state index in [1.165, 1.54) is 36.2 Å². The smallest absolute Gasteiger partial charge is 0.243 e. The maximum absolute atomic E-state index is 13.3. The first-order valence-corrected chi connectivity index (χ1v) is 12.7. The molecule has 0 unspecified atom stereocenters. The quantitative estimate of drug-likeness (QED) is 0.521.